The van der Waals surface area contributed by atoms with E-state index in [0.29, 0.717) is 0 Å². The molecule has 1 fully saturated rings. The maximum Gasteiger partial charge on any atom is 0.155 e. The third kappa shape index (κ3) is 3.84. The molecule has 0 spiro atoms. The second kappa shape index (κ2) is 7.98. The van der Waals surface area contributed by atoms with Crippen LogP contribution in [0.5, 0.6) is 5.75 Å². The average molecular weight is 378 g/mol. The lowest BCUT2D eigenvalue weighted by Crippen LogP contribution is -2.46. The van der Waals surface area contributed by atoms with Crippen molar-refractivity contribution in [3.63, 3.8) is 0 Å². The van der Waals surface area contributed by atoms with Crippen LogP contribution in [0.3, 0.4) is 0 Å². The molecule has 0 unspecified atom stereocenters. The summed E-state index contributed by atoms with van der Waals surface area (Å²) < 4.78 is 7.15. The van der Waals surface area contributed by atoms with Crippen molar-refractivity contribution in [2.24, 2.45) is 7.05 Å². The molecule has 0 atom stereocenters. The first-order valence-corrected chi connectivity index (χ1v) is 9.56. The summed E-state index contributed by atoms with van der Waals surface area (Å²) in [6.07, 6.45) is 5.64. The summed E-state index contributed by atoms with van der Waals surface area (Å²) in [5.74, 6) is 1.79. The number of hydrogen-bond acceptors (Lipinski definition) is 6. The van der Waals surface area contributed by atoms with Crippen LogP contribution in [0.4, 0.5) is 5.82 Å². The van der Waals surface area contributed by atoms with Crippen molar-refractivity contribution >= 4 is 5.82 Å². The van der Waals surface area contributed by atoms with Crippen molar-refractivity contribution in [2.45, 2.75) is 13.5 Å². The topological polar surface area (TPSA) is 59.3 Å². The van der Waals surface area contributed by atoms with Crippen LogP contribution in [0.1, 0.15) is 11.3 Å². The monoisotopic (exact) mass is 378 g/mol. The molecule has 1 aliphatic rings. The highest BCUT2D eigenvalue weighted by atomic mass is 16.5. The van der Waals surface area contributed by atoms with Gasteiger partial charge in [-0.3, -0.25) is 14.6 Å². The van der Waals surface area contributed by atoms with Gasteiger partial charge >= 0.3 is 0 Å². The van der Waals surface area contributed by atoms with Crippen LogP contribution in [-0.4, -0.2) is 57.9 Å². The fourth-order valence-corrected chi connectivity index (χ4v) is 3.68. The number of benzene rings is 1. The van der Waals surface area contributed by atoms with Crippen LogP contribution in [0.25, 0.3) is 11.3 Å². The molecule has 28 heavy (non-hydrogen) atoms. The SMILES string of the molecule is COc1ccc(-c2nccnc2N2CCN(Cc3cn(C)nc3C)CC2)cc1. The van der Waals surface area contributed by atoms with Crippen molar-refractivity contribution in [1.29, 1.82) is 0 Å². The standard InChI is InChI=1S/C21H26N6O/c1-16-18(14-25(2)24-16)15-26-10-12-27(13-11-26)21-20(22-8-9-23-21)17-4-6-19(28-3)7-5-17/h4-9,14H,10-13,15H2,1-3H3. The summed E-state index contributed by atoms with van der Waals surface area (Å²) in [6.45, 7) is 6.87. The third-order valence-electron chi connectivity index (χ3n) is 5.22. The highest BCUT2D eigenvalue weighted by Gasteiger charge is 2.22. The highest BCUT2D eigenvalue weighted by Crippen LogP contribution is 2.28. The number of methoxy groups -OCH3 is 1. The largest absolute Gasteiger partial charge is 0.497 e. The number of rotatable bonds is 5. The molecule has 0 aliphatic carbocycles. The van der Waals surface area contributed by atoms with Gasteiger partial charge in [-0.2, -0.15) is 5.10 Å². The lowest BCUT2D eigenvalue weighted by atomic mass is 10.1. The molecule has 0 N–H and O–H groups in total. The summed E-state index contributed by atoms with van der Waals surface area (Å²) in [5, 5.41) is 4.45. The van der Waals surface area contributed by atoms with Gasteiger partial charge in [0.25, 0.3) is 0 Å². The molecule has 7 heteroatoms. The zero-order valence-corrected chi connectivity index (χ0v) is 16.7. The first-order chi connectivity index (χ1) is 13.6. The van der Waals surface area contributed by atoms with Gasteiger partial charge in [0, 0.05) is 69.5 Å². The fourth-order valence-electron chi connectivity index (χ4n) is 3.68. The molecule has 3 heterocycles. The van der Waals surface area contributed by atoms with Gasteiger partial charge in [0.1, 0.15) is 11.4 Å². The van der Waals surface area contributed by atoms with E-state index in [1.54, 1.807) is 19.5 Å². The Bertz CT molecular complexity index is 928. The molecular formula is C21H26N6O. The number of aryl methyl sites for hydroxylation is 2. The maximum atomic E-state index is 5.26. The number of ether oxygens (including phenoxy) is 1. The van der Waals surface area contributed by atoms with E-state index < -0.39 is 0 Å². The minimum atomic E-state index is 0.841. The molecule has 0 amide bonds. The van der Waals surface area contributed by atoms with E-state index in [4.69, 9.17) is 4.74 Å². The predicted molar refractivity (Wildman–Crippen MR) is 109 cm³/mol. The van der Waals surface area contributed by atoms with Crippen LogP contribution in [-0.2, 0) is 13.6 Å². The number of nitrogens with zero attached hydrogens (tertiary/aromatic N) is 6. The van der Waals surface area contributed by atoms with Gasteiger partial charge in [-0.05, 0) is 31.2 Å². The molecular weight excluding hydrogens is 352 g/mol. The van der Waals surface area contributed by atoms with Gasteiger partial charge in [-0.1, -0.05) is 0 Å². The summed E-state index contributed by atoms with van der Waals surface area (Å²) in [4.78, 5) is 14.1. The molecule has 0 bridgehead atoms. The fraction of sp³-hybridized carbons (Fsp3) is 0.381. The molecule has 0 saturated carbocycles. The predicted octanol–water partition coefficient (Wildman–Crippen LogP) is 2.52. The van der Waals surface area contributed by atoms with Gasteiger partial charge in [-0.25, -0.2) is 4.98 Å². The molecule has 0 radical (unpaired) electrons. The van der Waals surface area contributed by atoms with Gasteiger partial charge < -0.3 is 9.64 Å². The normalized spacial score (nSPS) is 15.0. The Balaban J connectivity index is 1.46. The molecule has 7 nitrogen and oxygen atoms in total. The Morgan fingerprint density at radius 2 is 1.71 bits per heavy atom. The van der Waals surface area contributed by atoms with Crippen molar-refractivity contribution in [3.8, 4) is 17.0 Å². The Kier molecular flexibility index (Phi) is 5.25. The Hall–Kier alpha value is -2.93. The maximum absolute atomic E-state index is 5.26. The van der Waals surface area contributed by atoms with E-state index in [-0.39, 0.29) is 0 Å². The Labute approximate surface area is 165 Å². The van der Waals surface area contributed by atoms with E-state index in [0.717, 1.165) is 61.2 Å². The molecule has 2 aromatic heterocycles. The molecule has 1 aliphatic heterocycles. The van der Waals surface area contributed by atoms with Gasteiger partial charge in [0.2, 0.25) is 0 Å². The van der Waals surface area contributed by atoms with E-state index in [2.05, 4.69) is 38.0 Å². The lowest BCUT2D eigenvalue weighted by Gasteiger charge is -2.35. The van der Waals surface area contributed by atoms with Gasteiger partial charge in [0.15, 0.2) is 5.82 Å². The number of hydrogen-bond donors (Lipinski definition) is 0. The summed E-state index contributed by atoms with van der Waals surface area (Å²) in [7, 11) is 3.65. The third-order valence-corrected chi connectivity index (χ3v) is 5.22. The number of piperazine rings is 1. The van der Waals surface area contributed by atoms with Crippen LogP contribution in [0, 0.1) is 6.92 Å². The van der Waals surface area contributed by atoms with Crippen molar-refractivity contribution in [2.75, 3.05) is 38.2 Å². The highest BCUT2D eigenvalue weighted by molar-refractivity contribution is 5.72. The Morgan fingerprint density at radius 3 is 2.36 bits per heavy atom. The summed E-state index contributed by atoms with van der Waals surface area (Å²) in [5.41, 5.74) is 4.38. The van der Waals surface area contributed by atoms with E-state index >= 15 is 0 Å². The molecule has 146 valence electrons. The average Bonchev–Trinajstić information content (AvgIpc) is 3.05. The second-order valence-corrected chi connectivity index (χ2v) is 7.13. The van der Waals surface area contributed by atoms with Crippen molar-refractivity contribution in [3.05, 3.63) is 54.1 Å². The van der Waals surface area contributed by atoms with Gasteiger partial charge in [0.05, 0.1) is 12.8 Å². The zero-order chi connectivity index (χ0) is 19.5. The second-order valence-electron chi connectivity index (χ2n) is 7.13. The van der Waals surface area contributed by atoms with Crippen molar-refractivity contribution < 1.29 is 4.74 Å². The van der Waals surface area contributed by atoms with E-state index in [1.807, 2.05) is 36.0 Å². The zero-order valence-electron chi connectivity index (χ0n) is 16.7. The molecule has 3 aromatic rings. The van der Waals surface area contributed by atoms with Crippen LogP contribution >= 0.6 is 0 Å². The minimum absolute atomic E-state index is 0.841. The number of anilines is 1. The first-order valence-electron chi connectivity index (χ1n) is 9.56. The van der Waals surface area contributed by atoms with Crippen molar-refractivity contribution in [1.82, 2.24) is 24.6 Å². The van der Waals surface area contributed by atoms with E-state index in [1.165, 1.54) is 5.56 Å². The molecule has 1 saturated heterocycles. The quantitative estimate of drug-likeness (QED) is 0.680. The van der Waals surface area contributed by atoms with Crippen LogP contribution in [0.15, 0.2) is 42.9 Å². The molecule has 4 rings (SSSR count). The lowest BCUT2D eigenvalue weighted by molar-refractivity contribution is 0.249. The summed E-state index contributed by atoms with van der Waals surface area (Å²) >= 11 is 0. The van der Waals surface area contributed by atoms with E-state index in [9.17, 15) is 0 Å². The molecule has 1 aromatic carbocycles. The minimum Gasteiger partial charge on any atom is -0.497 e. The first kappa shape index (κ1) is 18.4. The van der Waals surface area contributed by atoms with Crippen LogP contribution in [0.2, 0.25) is 0 Å². The Morgan fingerprint density at radius 1 is 1.00 bits per heavy atom. The van der Waals surface area contributed by atoms with Crippen LogP contribution < -0.4 is 9.64 Å². The summed E-state index contributed by atoms with van der Waals surface area (Å²) in [6, 6.07) is 7.99. The van der Waals surface area contributed by atoms with Gasteiger partial charge in [-0.15, -0.1) is 0 Å². The smallest absolute Gasteiger partial charge is 0.155 e. The number of aromatic nitrogens is 4.